The second-order valence-corrected chi connectivity index (χ2v) is 9.28. The van der Waals surface area contributed by atoms with E-state index in [4.69, 9.17) is 9.47 Å². The van der Waals surface area contributed by atoms with Crippen molar-refractivity contribution in [2.45, 2.75) is 50.8 Å². The van der Waals surface area contributed by atoms with E-state index in [2.05, 4.69) is 16.0 Å². The predicted octanol–water partition coefficient (Wildman–Crippen LogP) is 1.92. The quantitative estimate of drug-likeness (QED) is 0.730. The number of rotatable bonds is 4. The molecule has 0 aliphatic carbocycles. The number of fused-ring (bicyclic) bond motifs is 1. The average molecular weight is 454 g/mol. The number of piperidine rings is 1. The highest BCUT2D eigenvalue weighted by molar-refractivity contribution is 6.00. The summed E-state index contributed by atoms with van der Waals surface area (Å²) in [5, 5.41) is 4.41. The summed E-state index contributed by atoms with van der Waals surface area (Å²) < 4.78 is 13.2. The van der Waals surface area contributed by atoms with Crippen LogP contribution in [0.5, 0.6) is 11.5 Å². The van der Waals surface area contributed by atoms with Crippen LogP contribution >= 0.6 is 0 Å². The van der Waals surface area contributed by atoms with E-state index in [1.807, 2.05) is 37.2 Å². The molecule has 4 heterocycles. The summed E-state index contributed by atoms with van der Waals surface area (Å²) in [5.41, 5.74) is 9.14. The number of hydrogen-bond donors (Lipinski definition) is 2. The second kappa shape index (κ2) is 8.79. The average Bonchev–Trinajstić information content (AvgIpc) is 3.44. The van der Waals surface area contributed by atoms with Crippen molar-refractivity contribution in [3.8, 4) is 11.5 Å². The first-order valence-corrected chi connectivity index (χ1v) is 11.6. The number of carbonyl (C=O) groups excluding carboxylic acids is 2. The number of nitrogens with one attached hydrogen (secondary N) is 2. The van der Waals surface area contributed by atoms with Gasteiger partial charge in [0, 0.05) is 38.3 Å². The highest BCUT2D eigenvalue weighted by Crippen LogP contribution is 2.36. The summed E-state index contributed by atoms with van der Waals surface area (Å²) in [7, 11) is 3.50. The van der Waals surface area contributed by atoms with E-state index in [1.54, 1.807) is 17.9 Å². The number of hydrazine groups is 1. The van der Waals surface area contributed by atoms with E-state index in [-0.39, 0.29) is 35.8 Å². The number of benzene rings is 1. The molecule has 0 spiro atoms. The molecule has 1 aromatic carbocycles. The zero-order valence-electron chi connectivity index (χ0n) is 19.3. The van der Waals surface area contributed by atoms with Crippen molar-refractivity contribution in [1.29, 1.82) is 0 Å². The van der Waals surface area contributed by atoms with Crippen LogP contribution in [0.15, 0.2) is 24.4 Å². The molecular formula is C24H31N5O4. The maximum atomic E-state index is 13.1. The van der Waals surface area contributed by atoms with Crippen molar-refractivity contribution in [2.75, 3.05) is 20.2 Å². The second-order valence-electron chi connectivity index (χ2n) is 9.28. The number of Topliss-reactive ketones (excluding diaryl/α,β-unsaturated/α-hetero) is 1. The first kappa shape index (κ1) is 21.9. The Morgan fingerprint density at radius 2 is 2.03 bits per heavy atom. The molecule has 0 saturated carbocycles. The van der Waals surface area contributed by atoms with Crippen LogP contribution in [0.4, 0.5) is 0 Å². The Morgan fingerprint density at radius 3 is 2.73 bits per heavy atom. The lowest BCUT2D eigenvalue weighted by molar-refractivity contribution is -0.135. The number of aryl methyl sites for hydroxylation is 2. The van der Waals surface area contributed by atoms with Crippen LogP contribution in [0.2, 0.25) is 0 Å². The van der Waals surface area contributed by atoms with Crippen molar-refractivity contribution in [2.24, 2.45) is 13.0 Å². The Hall–Kier alpha value is -2.91. The molecular weight excluding hydrogens is 422 g/mol. The lowest BCUT2D eigenvalue weighted by atomic mass is 9.85. The third kappa shape index (κ3) is 4.22. The molecule has 33 heavy (non-hydrogen) atoms. The third-order valence-electron chi connectivity index (χ3n) is 7.16. The van der Waals surface area contributed by atoms with E-state index in [1.165, 1.54) is 0 Å². The number of hydrogen-bond acceptors (Lipinski definition) is 7. The number of ketones is 1. The number of aromatic nitrogens is 2. The maximum Gasteiger partial charge on any atom is 0.241 e. The summed E-state index contributed by atoms with van der Waals surface area (Å²) >= 11 is 0. The number of carbonyl (C=O) groups is 2. The fourth-order valence-electron chi connectivity index (χ4n) is 5.31. The Kier molecular flexibility index (Phi) is 5.84. The van der Waals surface area contributed by atoms with Gasteiger partial charge >= 0.3 is 0 Å². The number of nitrogens with zero attached hydrogens (tertiary/aromatic N) is 3. The maximum absolute atomic E-state index is 13.1. The fraction of sp³-hybridized carbons (Fsp3) is 0.542. The summed E-state index contributed by atoms with van der Waals surface area (Å²) in [6.45, 7) is 3.35. The van der Waals surface area contributed by atoms with Crippen LogP contribution in [0, 0.1) is 12.8 Å². The first-order chi connectivity index (χ1) is 15.9. The zero-order chi connectivity index (χ0) is 23.1. The van der Waals surface area contributed by atoms with Crippen LogP contribution in [0.1, 0.15) is 53.3 Å². The van der Waals surface area contributed by atoms with Crippen molar-refractivity contribution in [1.82, 2.24) is 25.5 Å². The molecule has 0 radical (unpaired) electrons. The van der Waals surface area contributed by atoms with Gasteiger partial charge < -0.3 is 14.4 Å². The summed E-state index contributed by atoms with van der Waals surface area (Å²) in [4.78, 5) is 27.8. The molecule has 2 N–H and O–H groups in total. The smallest absolute Gasteiger partial charge is 0.241 e. The molecule has 1 aromatic heterocycles. The molecule has 9 nitrogen and oxygen atoms in total. The molecule has 3 aliphatic heterocycles. The van der Waals surface area contributed by atoms with E-state index in [0.29, 0.717) is 43.0 Å². The van der Waals surface area contributed by atoms with Crippen LogP contribution < -0.4 is 20.3 Å². The van der Waals surface area contributed by atoms with Crippen molar-refractivity contribution in [3.63, 3.8) is 0 Å². The number of amides is 1. The molecule has 176 valence electrons. The lowest BCUT2D eigenvalue weighted by Gasteiger charge is -2.38. The minimum atomic E-state index is -0.250. The van der Waals surface area contributed by atoms with Crippen molar-refractivity contribution < 1.29 is 19.1 Å². The minimum absolute atomic E-state index is 0.0746. The van der Waals surface area contributed by atoms with Gasteiger partial charge in [-0.2, -0.15) is 5.10 Å². The largest absolute Gasteiger partial charge is 0.497 e. The molecule has 3 aliphatic rings. The van der Waals surface area contributed by atoms with Gasteiger partial charge in [0.2, 0.25) is 5.91 Å². The standard InChI is InChI=1S/C24H31N5O4/c1-14-18(13-28(2)27-14)19-11-20(26-25-19)24(31)29-8-6-15(7-9-29)23-12-21(30)17-10-16(32-3)4-5-22(17)33-23/h4-5,10,13,15,19-20,23,25-26H,6-9,11-12H2,1-3H3. The van der Waals surface area contributed by atoms with E-state index in [9.17, 15) is 9.59 Å². The summed E-state index contributed by atoms with van der Waals surface area (Å²) in [6, 6.07) is 5.21. The molecule has 9 heteroatoms. The molecule has 0 bridgehead atoms. The van der Waals surface area contributed by atoms with Gasteiger partial charge in [0.1, 0.15) is 23.6 Å². The molecule has 3 atom stereocenters. The first-order valence-electron chi connectivity index (χ1n) is 11.6. The van der Waals surface area contributed by atoms with Gasteiger partial charge in [-0.05, 0) is 50.3 Å². The SMILES string of the molecule is COc1ccc2c(c1)C(=O)CC(C1CCN(C(=O)C3CC(c4cn(C)nc4C)NN3)CC1)O2. The molecule has 3 unspecified atom stereocenters. The van der Waals surface area contributed by atoms with Gasteiger partial charge in [-0.15, -0.1) is 0 Å². The Labute approximate surface area is 193 Å². The van der Waals surface area contributed by atoms with Gasteiger partial charge in [-0.25, -0.2) is 10.9 Å². The van der Waals surface area contributed by atoms with Gasteiger partial charge in [0.15, 0.2) is 5.78 Å². The van der Waals surface area contributed by atoms with Crippen molar-refractivity contribution in [3.05, 3.63) is 41.2 Å². The lowest BCUT2D eigenvalue weighted by Crippen LogP contribution is -2.50. The minimum Gasteiger partial charge on any atom is -0.497 e. The van der Waals surface area contributed by atoms with Crippen LogP contribution in [-0.4, -0.2) is 58.7 Å². The van der Waals surface area contributed by atoms with Gasteiger partial charge in [-0.1, -0.05) is 0 Å². The van der Waals surface area contributed by atoms with E-state index >= 15 is 0 Å². The normalized spacial score (nSPS) is 25.6. The monoisotopic (exact) mass is 453 g/mol. The van der Waals surface area contributed by atoms with Crippen LogP contribution in [0.25, 0.3) is 0 Å². The number of methoxy groups -OCH3 is 1. The molecule has 2 fully saturated rings. The third-order valence-corrected chi connectivity index (χ3v) is 7.16. The Balaban J connectivity index is 1.16. The zero-order valence-corrected chi connectivity index (χ0v) is 19.3. The van der Waals surface area contributed by atoms with Crippen LogP contribution in [-0.2, 0) is 11.8 Å². The van der Waals surface area contributed by atoms with Gasteiger partial charge in [0.25, 0.3) is 0 Å². The predicted molar refractivity (Wildman–Crippen MR) is 121 cm³/mol. The molecule has 1 amide bonds. The van der Waals surface area contributed by atoms with E-state index < -0.39 is 0 Å². The van der Waals surface area contributed by atoms with Gasteiger partial charge in [-0.3, -0.25) is 14.3 Å². The highest BCUT2D eigenvalue weighted by atomic mass is 16.5. The summed E-state index contributed by atoms with van der Waals surface area (Å²) in [5.74, 6) is 1.77. The van der Waals surface area contributed by atoms with Crippen molar-refractivity contribution >= 4 is 11.7 Å². The van der Waals surface area contributed by atoms with Gasteiger partial charge in [0.05, 0.1) is 24.4 Å². The number of ether oxygens (including phenoxy) is 2. The molecule has 2 saturated heterocycles. The van der Waals surface area contributed by atoms with E-state index in [0.717, 1.165) is 24.1 Å². The Bertz CT molecular complexity index is 1060. The highest BCUT2D eigenvalue weighted by Gasteiger charge is 2.38. The summed E-state index contributed by atoms with van der Waals surface area (Å²) in [6.07, 6.45) is 4.61. The molecule has 2 aromatic rings. The fourth-order valence-corrected chi connectivity index (χ4v) is 5.31. The topological polar surface area (TPSA) is 97.7 Å². The Morgan fingerprint density at radius 1 is 1.24 bits per heavy atom. The molecule has 5 rings (SSSR count). The van der Waals surface area contributed by atoms with Crippen LogP contribution in [0.3, 0.4) is 0 Å². The number of likely N-dealkylation sites (tertiary alicyclic amines) is 1.